The Morgan fingerprint density at radius 1 is 1.56 bits per heavy atom. The zero-order chi connectivity index (χ0) is 11.5. The largest absolute Gasteiger partial charge is 0.472 e. The second kappa shape index (κ2) is 4.40. The number of amides is 1. The van der Waals surface area contributed by atoms with Gasteiger partial charge in [-0.2, -0.15) is 0 Å². The van der Waals surface area contributed by atoms with Gasteiger partial charge in [-0.05, 0) is 17.5 Å². The standard InChI is InChI=1S/C11H12N2O2S/c1-13(6-8-2-4-15-7-8)11(14)10-9(12)3-5-16-10/h2-5,7H,6,12H2,1H3. The average Bonchev–Trinajstić information content (AvgIpc) is 2.88. The van der Waals surface area contributed by atoms with Crippen LogP contribution in [0.3, 0.4) is 0 Å². The minimum absolute atomic E-state index is 0.0614. The second-order valence-electron chi connectivity index (χ2n) is 3.50. The van der Waals surface area contributed by atoms with Crippen LogP contribution in [0.25, 0.3) is 0 Å². The number of nitrogen functional groups attached to an aromatic ring is 1. The number of thiophene rings is 1. The molecule has 5 heteroatoms. The average molecular weight is 236 g/mol. The number of anilines is 1. The molecule has 0 bridgehead atoms. The maximum absolute atomic E-state index is 12.0. The molecule has 0 atom stereocenters. The third-order valence-electron chi connectivity index (χ3n) is 2.24. The van der Waals surface area contributed by atoms with Crippen molar-refractivity contribution in [3.8, 4) is 0 Å². The first-order chi connectivity index (χ1) is 7.68. The number of hydrogen-bond acceptors (Lipinski definition) is 4. The number of nitrogens with zero attached hydrogens (tertiary/aromatic N) is 1. The molecule has 0 saturated carbocycles. The Morgan fingerprint density at radius 2 is 2.38 bits per heavy atom. The van der Waals surface area contributed by atoms with Crippen LogP contribution in [-0.2, 0) is 6.54 Å². The molecule has 0 radical (unpaired) electrons. The van der Waals surface area contributed by atoms with Gasteiger partial charge in [0, 0.05) is 19.2 Å². The van der Waals surface area contributed by atoms with Crippen molar-refractivity contribution >= 4 is 22.9 Å². The number of carbonyl (C=O) groups is 1. The minimum Gasteiger partial charge on any atom is -0.472 e. The molecular weight excluding hydrogens is 224 g/mol. The number of furan rings is 1. The van der Waals surface area contributed by atoms with Crippen molar-refractivity contribution in [1.82, 2.24) is 4.90 Å². The molecule has 2 heterocycles. The molecule has 2 aromatic heterocycles. The maximum Gasteiger partial charge on any atom is 0.266 e. The van der Waals surface area contributed by atoms with Crippen molar-refractivity contribution in [2.24, 2.45) is 0 Å². The minimum atomic E-state index is -0.0614. The normalized spacial score (nSPS) is 10.3. The summed E-state index contributed by atoms with van der Waals surface area (Å²) in [5.74, 6) is -0.0614. The first kappa shape index (κ1) is 10.8. The van der Waals surface area contributed by atoms with Crippen LogP contribution in [0.15, 0.2) is 34.5 Å². The lowest BCUT2D eigenvalue weighted by Gasteiger charge is -2.15. The monoisotopic (exact) mass is 236 g/mol. The smallest absolute Gasteiger partial charge is 0.266 e. The molecule has 2 N–H and O–H groups in total. The third-order valence-corrected chi connectivity index (χ3v) is 3.15. The molecule has 4 nitrogen and oxygen atoms in total. The third kappa shape index (κ3) is 2.09. The zero-order valence-corrected chi connectivity index (χ0v) is 9.66. The molecule has 2 aromatic rings. The van der Waals surface area contributed by atoms with Gasteiger partial charge in [0.1, 0.15) is 4.88 Å². The van der Waals surface area contributed by atoms with Crippen molar-refractivity contribution in [2.45, 2.75) is 6.54 Å². The highest BCUT2D eigenvalue weighted by atomic mass is 32.1. The lowest BCUT2D eigenvalue weighted by Crippen LogP contribution is -2.25. The Labute approximate surface area is 97.3 Å². The van der Waals surface area contributed by atoms with Gasteiger partial charge < -0.3 is 15.1 Å². The summed E-state index contributed by atoms with van der Waals surface area (Å²) in [5, 5.41) is 1.81. The highest BCUT2D eigenvalue weighted by Gasteiger charge is 2.16. The van der Waals surface area contributed by atoms with Crippen molar-refractivity contribution < 1.29 is 9.21 Å². The molecule has 2 rings (SSSR count). The zero-order valence-electron chi connectivity index (χ0n) is 8.84. The number of rotatable bonds is 3. The summed E-state index contributed by atoms with van der Waals surface area (Å²) in [5.41, 5.74) is 7.20. The van der Waals surface area contributed by atoms with E-state index in [9.17, 15) is 4.79 Å². The molecule has 84 valence electrons. The fraction of sp³-hybridized carbons (Fsp3) is 0.182. The fourth-order valence-corrected chi connectivity index (χ4v) is 2.21. The summed E-state index contributed by atoms with van der Waals surface area (Å²) in [6.07, 6.45) is 3.22. The van der Waals surface area contributed by atoms with E-state index in [0.717, 1.165) is 5.56 Å². The van der Waals surface area contributed by atoms with E-state index in [1.54, 1.807) is 30.5 Å². The molecule has 0 aromatic carbocycles. The summed E-state index contributed by atoms with van der Waals surface area (Å²) in [6, 6.07) is 3.57. The van der Waals surface area contributed by atoms with Gasteiger partial charge in [0.15, 0.2) is 0 Å². The van der Waals surface area contributed by atoms with E-state index in [4.69, 9.17) is 10.2 Å². The van der Waals surface area contributed by atoms with E-state index < -0.39 is 0 Å². The van der Waals surface area contributed by atoms with Gasteiger partial charge in [-0.3, -0.25) is 4.79 Å². The second-order valence-corrected chi connectivity index (χ2v) is 4.41. The first-order valence-corrected chi connectivity index (χ1v) is 5.66. The lowest BCUT2D eigenvalue weighted by atomic mass is 10.3. The Bertz CT molecular complexity index is 476. The summed E-state index contributed by atoms with van der Waals surface area (Å²) in [4.78, 5) is 14.2. The number of hydrogen-bond donors (Lipinski definition) is 1. The van der Waals surface area contributed by atoms with Crippen LogP contribution in [0, 0.1) is 0 Å². The van der Waals surface area contributed by atoms with Crippen LogP contribution < -0.4 is 5.73 Å². The predicted octanol–water partition coefficient (Wildman–Crippen LogP) is 2.20. The van der Waals surface area contributed by atoms with Gasteiger partial charge in [0.05, 0.1) is 18.2 Å². The van der Waals surface area contributed by atoms with E-state index in [1.807, 2.05) is 11.4 Å². The van der Waals surface area contributed by atoms with E-state index >= 15 is 0 Å². The quantitative estimate of drug-likeness (QED) is 0.888. The number of carbonyl (C=O) groups excluding carboxylic acids is 1. The van der Waals surface area contributed by atoms with Gasteiger partial charge in [-0.25, -0.2) is 0 Å². The van der Waals surface area contributed by atoms with Gasteiger partial charge >= 0.3 is 0 Å². The molecule has 0 aliphatic carbocycles. The summed E-state index contributed by atoms with van der Waals surface area (Å²) < 4.78 is 4.95. The van der Waals surface area contributed by atoms with Crippen LogP contribution >= 0.6 is 11.3 Å². The fourth-order valence-electron chi connectivity index (χ4n) is 1.39. The Hall–Kier alpha value is -1.75. The van der Waals surface area contributed by atoms with E-state index in [0.29, 0.717) is 17.1 Å². The maximum atomic E-state index is 12.0. The first-order valence-electron chi connectivity index (χ1n) is 4.78. The predicted molar refractivity (Wildman–Crippen MR) is 63.2 cm³/mol. The summed E-state index contributed by atoms with van der Waals surface area (Å²) in [6.45, 7) is 0.521. The highest BCUT2D eigenvalue weighted by Crippen LogP contribution is 2.21. The summed E-state index contributed by atoms with van der Waals surface area (Å²) >= 11 is 1.36. The molecule has 0 aliphatic rings. The Morgan fingerprint density at radius 3 is 2.94 bits per heavy atom. The van der Waals surface area contributed by atoms with E-state index in [2.05, 4.69) is 0 Å². The molecule has 1 amide bonds. The molecule has 0 unspecified atom stereocenters. The van der Waals surface area contributed by atoms with E-state index in [1.165, 1.54) is 11.3 Å². The van der Waals surface area contributed by atoms with Crippen LogP contribution in [0.5, 0.6) is 0 Å². The molecule has 16 heavy (non-hydrogen) atoms. The van der Waals surface area contributed by atoms with Gasteiger partial charge in [-0.15, -0.1) is 11.3 Å². The molecule has 0 spiro atoms. The Balaban J connectivity index is 2.08. The van der Waals surface area contributed by atoms with Crippen LogP contribution in [-0.4, -0.2) is 17.9 Å². The SMILES string of the molecule is CN(Cc1ccoc1)C(=O)c1sccc1N. The van der Waals surface area contributed by atoms with E-state index in [-0.39, 0.29) is 5.91 Å². The number of nitrogens with two attached hydrogens (primary N) is 1. The molecular formula is C11H12N2O2S. The highest BCUT2D eigenvalue weighted by molar-refractivity contribution is 7.12. The molecule has 0 saturated heterocycles. The topological polar surface area (TPSA) is 59.5 Å². The van der Waals surface area contributed by atoms with Crippen molar-refractivity contribution in [3.63, 3.8) is 0 Å². The lowest BCUT2D eigenvalue weighted by molar-refractivity contribution is 0.0790. The molecule has 0 aliphatic heterocycles. The Kier molecular flexibility index (Phi) is 2.96. The van der Waals surface area contributed by atoms with Gasteiger partial charge in [0.25, 0.3) is 5.91 Å². The van der Waals surface area contributed by atoms with Crippen molar-refractivity contribution in [1.29, 1.82) is 0 Å². The van der Waals surface area contributed by atoms with Gasteiger partial charge in [0.2, 0.25) is 0 Å². The van der Waals surface area contributed by atoms with Crippen LogP contribution in [0.1, 0.15) is 15.2 Å². The summed E-state index contributed by atoms with van der Waals surface area (Å²) in [7, 11) is 1.74. The van der Waals surface area contributed by atoms with Gasteiger partial charge in [-0.1, -0.05) is 0 Å². The van der Waals surface area contributed by atoms with Crippen molar-refractivity contribution in [3.05, 3.63) is 40.5 Å². The van der Waals surface area contributed by atoms with Crippen LogP contribution in [0.2, 0.25) is 0 Å². The van der Waals surface area contributed by atoms with Crippen LogP contribution in [0.4, 0.5) is 5.69 Å². The van der Waals surface area contributed by atoms with Crippen molar-refractivity contribution in [2.75, 3.05) is 12.8 Å². The molecule has 0 fully saturated rings.